The van der Waals surface area contributed by atoms with Crippen molar-refractivity contribution in [3.8, 4) is 0 Å². The van der Waals surface area contributed by atoms with E-state index in [9.17, 15) is 4.79 Å². The molecule has 0 aliphatic heterocycles. The third-order valence-electron chi connectivity index (χ3n) is 2.92. The molecule has 2 N–H and O–H groups in total. The smallest absolute Gasteiger partial charge is 0.307 e. The minimum absolute atomic E-state index is 0.249. The zero-order chi connectivity index (χ0) is 15.5. The minimum Gasteiger partial charge on any atom is -0.461 e. The van der Waals surface area contributed by atoms with E-state index in [1.165, 1.54) is 0 Å². The molecule has 0 aliphatic rings. The molecule has 116 valence electrons. The lowest BCUT2D eigenvalue weighted by Gasteiger charge is -2.08. The molecular formula is C17H20N2O3. The fraction of sp³-hybridized carbons (Fsp3) is 0.235. The van der Waals surface area contributed by atoms with E-state index in [4.69, 9.17) is 9.57 Å². The van der Waals surface area contributed by atoms with Crippen LogP contribution in [0.5, 0.6) is 0 Å². The van der Waals surface area contributed by atoms with E-state index >= 15 is 0 Å². The van der Waals surface area contributed by atoms with Crippen molar-refractivity contribution >= 4 is 5.97 Å². The lowest BCUT2D eigenvalue weighted by molar-refractivity contribution is -0.145. The van der Waals surface area contributed by atoms with Gasteiger partial charge < -0.3 is 4.74 Å². The highest BCUT2D eigenvalue weighted by molar-refractivity contribution is 5.69. The van der Waals surface area contributed by atoms with Crippen LogP contribution < -0.4 is 11.0 Å². The maximum Gasteiger partial charge on any atom is 0.307 e. The number of benzene rings is 2. The Bertz CT molecular complexity index is 546. The Labute approximate surface area is 130 Å². The molecule has 0 amide bonds. The second-order valence-corrected chi connectivity index (χ2v) is 4.70. The van der Waals surface area contributed by atoms with Gasteiger partial charge in [0, 0.05) is 6.54 Å². The van der Waals surface area contributed by atoms with Gasteiger partial charge in [-0.2, -0.15) is 0 Å². The first-order chi connectivity index (χ1) is 10.8. The van der Waals surface area contributed by atoms with Crippen molar-refractivity contribution in [3.63, 3.8) is 0 Å². The van der Waals surface area contributed by atoms with Gasteiger partial charge in [0.25, 0.3) is 0 Å². The summed E-state index contributed by atoms with van der Waals surface area (Å²) in [4.78, 5) is 16.8. The van der Waals surface area contributed by atoms with Crippen molar-refractivity contribution in [3.05, 3.63) is 71.8 Å². The summed E-state index contributed by atoms with van der Waals surface area (Å²) in [6, 6.07) is 19.4. The Morgan fingerprint density at radius 1 is 0.864 bits per heavy atom. The molecule has 5 nitrogen and oxygen atoms in total. The number of carbonyl (C=O) groups excluding carboxylic acids is 1. The molecule has 0 aliphatic carbocycles. The molecule has 2 aromatic rings. The standard InChI is InChI=1S/C17H20N2O3/c20-17(21-13-15-7-3-1-4-8-15)11-12-18-19-22-14-16-9-5-2-6-10-16/h1-10,18-19H,11-14H2. The van der Waals surface area contributed by atoms with Crippen molar-refractivity contribution in [2.45, 2.75) is 19.6 Å². The van der Waals surface area contributed by atoms with Gasteiger partial charge in [0.05, 0.1) is 13.0 Å². The number of nitrogens with one attached hydrogen (secondary N) is 2. The number of hydrazine groups is 1. The largest absolute Gasteiger partial charge is 0.461 e. The molecule has 0 unspecified atom stereocenters. The van der Waals surface area contributed by atoms with Crippen LogP contribution in [0.2, 0.25) is 0 Å². The van der Waals surface area contributed by atoms with Gasteiger partial charge >= 0.3 is 5.97 Å². The molecule has 0 saturated carbocycles. The summed E-state index contributed by atoms with van der Waals surface area (Å²) < 4.78 is 5.16. The summed E-state index contributed by atoms with van der Waals surface area (Å²) in [6.45, 7) is 1.19. The number of hydrogen-bond donors (Lipinski definition) is 2. The number of carbonyl (C=O) groups is 1. The molecule has 2 rings (SSSR count). The van der Waals surface area contributed by atoms with E-state index in [0.717, 1.165) is 11.1 Å². The lowest BCUT2D eigenvalue weighted by Crippen LogP contribution is -2.33. The third-order valence-corrected chi connectivity index (χ3v) is 2.92. The molecular weight excluding hydrogens is 280 g/mol. The number of hydrogen-bond acceptors (Lipinski definition) is 5. The highest BCUT2D eigenvalue weighted by Crippen LogP contribution is 2.01. The molecule has 0 saturated heterocycles. The fourth-order valence-corrected chi connectivity index (χ4v) is 1.77. The zero-order valence-electron chi connectivity index (χ0n) is 12.3. The number of ether oxygens (including phenoxy) is 1. The topological polar surface area (TPSA) is 59.6 Å². The molecule has 5 heteroatoms. The minimum atomic E-state index is -0.249. The van der Waals surface area contributed by atoms with Crippen molar-refractivity contribution in [1.29, 1.82) is 0 Å². The Balaban J connectivity index is 1.49. The average Bonchev–Trinajstić information content (AvgIpc) is 2.58. The van der Waals surface area contributed by atoms with Crippen LogP contribution in [-0.2, 0) is 27.6 Å². The van der Waals surface area contributed by atoms with Crippen LogP contribution in [-0.4, -0.2) is 12.5 Å². The van der Waals surface area contributed by atoms with E-state index in [1.807, 2.05) is 60.7 Å². The Hall–Kier alpha value is -2.21. The van der Waals surface area contributed by atoms with Crippen LogP contribution in [0.1, 0.15) is 17.5 Å². The van der Waals surface area contributed by atoms with Gasteiger partial charge in [0.2, 0.25) is 0 Å². The van der Waals surface area contributed by atoms with Crippen LogP contribution in [0.25, 0.3) is 0 Å². The molecule has 0 atom stereocenters. The summed E-state index contributed by atoms with van der Waals surface area (Å²) in [5.41, 5.74) is 7.47. The summed E-state index contributed by atoms with van der Waals surface area (Å²) >= 11 is 0. The Morgan fingerprint density at radius 3 is 2.09 bits per heavy atom. The molecule has 0 heterocycles. The van der Waals surface area contributed by atoms with Gasteiger partial charge in [0.1, 0.15) is 6.61 Å². The van der Waals surface area contributed by atoms with Crippen LogP contribution in [0.4, 0.5) is 0 Å². The predicted molar refractivity (Wildman–Crippen MR) is 83.2 cm³/mol. The van der Waals surface area contributed by atoms with Gasteiger partial charge in [0.15, 0.2) is 0 Å². The summed E-state index contributed by atoms with van der Waals surface area (Å²) in [6.07, 6.45) is 0.272. The zero-order valence-corrected chi connectivity index (χ0v) is 12.3. The molecule has 0 spiro atoms. The van der Waals surface area contributed by atoms with Crippen LogP contribution in [0, 0.1) is 0 Å². The first-order valence-electron chi connectivity index (χ1n) is 7.18. The van der Waals surface area contributed by atoms with E-state index < -0.39 is 0 Å². The van der Waals surface area contributed by atoms with Crippen molar-refractivity contribution in [2.75, 3.05) is 6.54 Å². The normalized spacial score (nSPS) is 10.4. The Morgan fingerprint density at radius 2 is 1.45 bits per heavy atom. The average molecular weight is 300 g/mol. The van der Waals surface area contributed by atoms with Gasteiger partial charge in [-0.25, -0.2) is 5.43 Å². The highest BCUT2D eigenvalue weighted by atomic mass is 16.7. The lowest BCUT2D eigenvalue weighted by atomic mass is 10.2. The second-order valence-electron chi connectivity index (χ2n) is 4.70. The van der Waals surface area contributed by atoms with Gasteiger partial charge in [-0.3, -0.25) is 9.63 Å². The molecule has 0 fully saturated rings. The van der Waals surface area contributed by atoms with Crippen LogP contribution >= 0.6 is 0 Å². The van der Waals surface area contributed by atoms with E-state index in [0.29, 0.717) is 19.8 Å². The summed E-state index contributed by atoms with van der Waals surface area (Å²) in [5.74, 6) is -0.249. The molecule has 2 aromatic carbocycles. The first-order valence-corrected chi connectivity index (χ1v) is 7.18. The van der Waals surface area contributed by atoms with Gasteiger partial charge in [-0.1, -0.05) is 60.7 Å². The SMILES string of the molecule is O=C(CCNNOCc1ccccc1)OCc1ccccc1. The quantitative estimate of drug-likeness (QED) is 0.423. The van der Waals surface area contributed by atoms with E-state index in [2.05, 4.69) is 11.0 Å². The molecule has 22 heavy (non-hydrogen) atoms. The number of esters is 1. The molecule has 0 aromatic heterocycles. The highest BCUT2D eigenvalue weighted by Gasteiger charge is 2.02. The van der Waals surface area contributed by atoms with Gasteiger partial charge in [-0.05, 0) is 11.1 Å². The van der Waals surface area contributed by atoms with Crippen molar-refractivity contribution < 1.29 is 14.4 Å². The van der Waals surface area contributed by atoms with Crippen LogP contribution in [0.3, 0.4) is 0 Å². The van der Waals surface area contributed by atoms with E-state index in [1.54, 1.807) is 0 Å². The fourth-order valence-electron chi connectivity index (χ4n) is 1.77. The van der Waals surface area contributed by atoms with E-state index in [-0.39, 0.29) is 12.4 Å². The van der Waals surface area contributed by atoms with Gasteiger partial charge in [-0.15, -0.1) is 5.59 Å². The summed E-state index contributed by atoms with van der Waals surface area (Å²) in [7, 11) is 0. The third kappa shape index (κ3) is 6.49. The van der Waals surface area contributed by atoms with Crippen LogP contribution in [0.15, 0.2) is 60.7 Å². The maximum atomic E-state index is 11.5. The predicted octanol–water partition coefficient (Wildman–Crippen LogP) is 2.35. The molecule has 0 bridgehead atoms. The monoisotopic (exact) mass is 300 g/mol. The van der Waals surface area contributed by atoms with Crippen molar-refractivity contribution in [2.24, 2.45) is 0 Å². The second kappa shape index (κ2) is 9.68. The number of rotatable bonds is 9. The summed E-state index contributed by atoms with van der Waals surface area (Å²) in [5, 5.41) is 0. The van der Waals surface area contributed by atoms with Crippen molar-refractivity contribution in [1.82, 2.24) is 11.0 Å². The maximum absolute atomic E-state index is 11.5. The Kier molecular flexibility index (Phi) is 7.11. The molecule has 0 radical (unpaired) electrons. The first kappa shape index (κ1) is 16.2.